The van der Waals surface area contributed by atoms with Gasteiger partial charge in [-0.1, -0.05) is 6.07 Å². The Hall–Kier alpha value is -1.06. The Bertz CT molecular complexity index is 558. The van der Waals surface area contributed by atoms with E-state index in [2.05, 4.69) is 30.1 Å². The van der Waals surface area contributed by atoms with Crippen molar-refractivity contribution < 1.29 is 9.84 Å². The predicted molar refractivity (Wildman–Crippen MR) is 82.8 cm³/mol. The Kier molecular flexibility index (Phi) is 3.05. The molecule has 3 nitrogen and oxygen atoms in total. The van der Waals surface area contributed by atoms with Crippen LogP contribution in [0.2, 0.25) is 0 Å². The second-order valence-corrected chi connectivity index (χ2v) is 7.22. The third kappa shape index (κ3) is 1.87. The number of likely N-dealkylation sites (N-methyl/N-ethyl adjacent to an activating group) is 1. The van der Waals surface area contributed by atoms with Crippen LogP contribution in [0.3, 0.4) is 0 Å². The number of fused-ring (bicyclic) bond motifs is 1. The molecular weight excluding hydrogens is 262 g/mol. The summed E-state index contributed by atoms with van der Waals surface area (Å²) in [4.78, 5) is 2.55. The Morgan fingerprint density at radius 3 is 3.00 bits per heavy atom. The normalized spacial score (nSPS) is 38.5. The maximum Gasteiger partial charge on any atom is 0.119 e. The van der Waals surface area contributed by atoms with Gasteiger partial charge < -0.3 is 14.7 Å². The van der Waals surface area contributed by atoms with Gasteiger partial charge in [0, 0.05) is 11.5 Å². The first-order valence-electron chi connectivity index (χ1n) is 8.20. The Morgan fingerprint density at radius 2 is 2.19 bits per heavy atom. The molecule has 2 aliphatic carbocycles. The van der Waals surface area contributed by atoms with Crippen molar-refractivity contribution in [2.24, 2.45) is 5.92 Å². The molecule has 21 heavy (non-hydrogen) atoms. The van der Waals surface area contributed by atoms with Gasteiger partial charge in [-0.15, -0.1) is 0 Å². The van der Waals surface area contributed by atoms with Crippen LogP contribution in [0, 0.1) is 5.92 Å². The summed E-state index contributed by atoms with van der Waals surface area (Å²) in [6, 6.07) is 7.23. The van der Waals surface area contributed by atoms with Crippen molar-refractivity contribution in [3.05, 3.63) is 29.3 Å². The van der Waals surface area contributed by atoms with Crippen molar-refractivity contribution in [3.8, 4) is 5.75 Å². The second-order valence-electron chi connectivity index (χ2n) is 7.22. The number of nitrogens with zero attached hydrogens (tertiary/aromatic N) is 1. The summed E-state index contributed by atoms with van der Waals surface area (Å²) in [6.45, 7) is 1.14. The zero-order chi connectivity index (χ0) is 14.6. The molecule has 2 fully saturated rings. The number of ether oxygens (including phenoxy) is 1. The van der Waals surface area contributed by atoms with Crippen molar-refractivity contribution in [1.82, 2.24) is 4.90 Å². The monoisotopic (exact) mass is 287 g/mol. The van der Waals surface area contributed by atoms with Crippen LogP contribution in [-0.2, 0) is 11.8 Å². The van der Waals surface area contributed by atoms with E-state index in [4.69, 9.17) is 4.74 Å². The van der Waals surface area contributed by atoms with Crippen molar-refractivity contribution >= 4 is 0 Å². The molecule has 1 N–H and O–H groups in total. The summed E-state index contributed by atoms with van der Waals surface area (Å²) in [5, 5.41) is 10.3. The quantitative estimate of drug-likeness (QED) is 0.860. The smallest absolute Gasteiger partial charge is 0.119 e. The van der Waals surface area contributed by atoms with Gasteiger partial charge in [-0.3, -0.25) is 0 Å². The molecule has 1 heterocycles. The van der Waals surface area contributed by atoms with Crippen LogP contribution < -0.4 is 4.74 Å². The molecule has 1 aliphatic heterocycles. The Morgan fingerprint density at radius 1 is 1.33 bits per heavy atom. The minimum Gasteiger partial charge on any atom is -0.497 e. The summed E-state index contributed by atoms with van der Waals surface area (Å²) in [7, 11) is 4.01. The molecule has 3 aliphatic rings. The van der Waals surface area contributed by atoms with Crippen molar-refractivity contribution in [1.29, 1.82) is 0 Å². The maximum absolute atomic E-state index is 10.3. The van der Waals surface area contributed by atoms with E-state index in [0.717, 1.165) is 38.0 Å². The average molecular weight is 287 g/mol. The van der Waals surface area contributed by atoms with Gasteiger partial charge in [0.15, 0.2) is 0 Å². The van der Waals surface area contributed by atoms with Crippen molar-refractivity contribution in [2.75, 3.05) is 20.7 Å². The van der Waals surface area contributed by atoms with E-state index in [9.17, 15) is 5.11 Å². The first kappa shape index (κ1) is 13.6. The van der Waals surface area contributed by atoms with Gasteiger partial charge >= 0.3 is 0 Å². The standard InChI is InChI=1S/C18H25NO2/c1-19-8-7-18-11-13(20)4-6-15(18)17(19)9-12-3-5-14(21-2)10-16(12)18/h3,5,10,13,15,17,20H,4,6-9,11H2,1-2H3/t13-,15+,17-,18+/m1/s1. The molecule has 4 rings (SSSR count). The van der Waals surface area contributed by atoms with Crippen molar-refractivity contribution in [2.45, 2.75) is 49.7 Å². The highest BCUT2D eigenvalue weighted by atomic mass is 16.5. The number of methoxy groups -OCH3 is 1. The molecule has 1 saturated carbocycles. The maximum atomic E-state index is 10.3. The van der Waals surface area contributed by atoms with E-state index in [1.807, 2.05) is 0 Å². The van der Waals surface area contributed by atoms with E-state index in [1.165, 1.54) is 17.5 Å². The summed E-state index contributed by atoms with van der Waals surface area (Å²) < 4.78 is 5.47. The van der Waals surface area contributed by atoms with Gasteiger partial charge in [0.05, 0.1) is 13.2 Å². The highest BCUT2D eigenvalue weighted by Crippen LogP contribution is 2.55. The molecule has 0 radical (unpaired) electrons. The number of likely N-dealkylation sites (tertiary alicyclic amines) is 1. The molecular formula is C18H25NO2. The molecule has 2 bridgehead atoms. The Labute approximate surface area is 126 Å². The number of benzene rings is 1. The molecule has 0 amide bonds. The zero-order valence-electron chi connectivity index (χ0n) is 13.0. The largest absolute Gasteiger partial charge is 0.497 e. The number of hydrogen-bond donors (Lipinski definition) is 1. The molecule has 114 valence electrons. The van der Waals surface area contributed by atoms with Crippen LogP contribution in [0.1, 0.15) is 36.8 Å². The molecule has 0 aromatic heterocycles. The number of piperidine rings is 1. The van der Waals surface area contributed by atoms with E-state index < -0.39 is 0 Å². The van der Waals surface area contributed by atoms with Gasteiger partial charge in [-0.2, -0.15) is 0 Å². The van der Waals surface area contributed by atoms with Crippen molar-refractivity contribution in [3.63, 3.8) is 0 Å². The number of rotatable bonds is 1. The van der Waals surface area contributed by atoms with E-state index >= 15 is 0 Å². The number of hydrogen-bond acceptors (Lipinski definition) is 3. The summed E-state index contributed by atoms with van der Waals surface area (Å²) in [5.74, 6) is 1.65. The number of aliphatic hydroxyl groups is 1. The van der Waals surface area contributed by atoms with Crippen LogP contribution in [-0.4, -0.2) is 42.9 Å². The summed E-state index contributed by atoms with van der Waals surface area (Å²) in [5.41, 5.74) is 3.12. The fourth-order valence-corrected chi connectivity index (χ4v) is 5.31. The highest BCUT2D eigenvalue weighted by Gasteiger charge is 2.54. The third-order valence-electron chi connectivity index (χ3n) is 6.34. The first-order chi connectivity index (χ1) is 10.1. The van der Waals surface area contributed by atoms with Gasteiger partial charge in [-0.05, 0) is 74.9 Å². The second kappa shape index (κ2) is 4.72. The van der Waals surface area contributed by atoms with Crippen LogP contribution in [0.4, 0.5) is 0 Å². The summed E-state index contributed by atoms with van der Waals surface area (Å²) >= 11 is 0. The molecule has 4 atom stereocenters. The van der Waals surface area contributed by atoms with E-state index in [0.29, 0.717) is 12.0 Å². The topological polar surface area (TPSA) is 32.7 Å². The van der Waals surface area contributed by atoms with Crippen LogP contribution in [0.25, 0.3) is 0 Å². The first-order valence-corrected chi connectivity index (χ1v) is 8.20. The third-order valence-corrected chi connectivity index (χ3v) is 6.34. The fraction of sp³-hybridized carbons (Fsp3) is 0.667. The molecule has 0 spiro atoms. The molecule has 1 aromatic rings. The lowest BCUT2D eigenvalue weighted by molar-refractivity contribution is -0.0393. The number of aliphatic hydroxyl groups excluding tert-OH is 1. The average Bonchev–Trinajstić information content (AvgIpc) is 2.50. The van der Waals surface area contributed by atoms with Gasteiger partial charge in [0.25, 0.3) is 0 Å². The SMILES string of the molecule is COc1ccc2c(c1)[C@]13CCN(C)[C@H](C2)[C@@H]1CC[C@@H](O)C3. The van der Waals surface area contributed by atoms with Crippen LogP contribution >= 0.6 is 0 Å². The van der Waals surface area contributed by atoms with Crippen LogP contribution in [0.5, 0.6) is 5.75 Å². The molecule has 1 aromatic carbocycles. The fourth-order valence-electron chi connectivity index (χ4n) is 5.31. The van der Waals surface area contributed by atoms with Gasteiger partial charge in [0.2, 0.25) is 0 Å². The van der Waals surface area contributed by atoms with E-state index in [-0.39, 0.29) is 11.5 Å². The van der Waals surface area contributed by atoms with Gasteiger partial charge in [0.1, 0.15) is 5.75 Å². The highest BCUT2D eigenvalue weighted by molar-refractivity contribution is 5.45. The molecule has 1 saturated heterocycles. The van der Waals surface area contributed by atoms with Gasteiger partial charge in [-0.25, -0.2) is 0 Å². The minimum absolute atomic E-state index is 0.137. The molecule has 3 heteroatoms. The zero-order valence-corrected chi connectivity index (χ0v) is 13.0. The van der Waals surface area contributed by atoms with E-state index in [1.54, 1.807) is 7.11 Å². The lowest BCUT2D eigenvalue weighted by atomic mass is 9.52. The Balaban J connectivity index is 1.88. The van der Waals surface area contributed by atoms with Crippen LogP contribution in [0.15, 0.2) is 18.2 Å². The minimum atomic E-state index is -0.137. The predicted octanol–water partition coefficient (Wildman–Crippen LogP) is 2.35. The summed E-state index contributed by atoms with van der Waals surface area (Å²) in [6.07, 6.45) is 5.24. The molecule has 0 unspecified atom stereocenters. The lowest BCUT2D eigenvalue weighted by Crippen LogP contribution is -2.61. The lowest BCUT2D eigenvalue weighted by Gasteiger charge is -2.59.